The third kappa shape index (κ3) is 6.08. The van der Waals surface area contributed by atoms with Gasteiger partial charge in [-0.1, -0.05) is 23.7 Å². The molecular weight excluding hydrogens is 480 g/mol. The monoisotopic (exact) mass is 510 g/mol. The summed E-state index contributed by atoms with van der Waals surface area (Å²) >= 11 is 5.98. The van der Waals surface area contributed by atoms with Crippen molar-refractivity contribution in [2.45, 2.75) is 65.0 Å². The van der Waals surface area contributed by atoms with Crippen LogP contribution in [0.5, 0.6) is 5.75 Å². The minimum absolute atomic E-state index is 0.0714. The Bertz CT molecular complexity index is 1330. The summed E-state index contributed by atoms with van der Waals surface area (Å²) < 4.78 is 11.6. The van der Waals surface area contributed by atoms with Crippen LogP contribution < -0.4 is 21.0 Å². The molecule has 1 atom stereocenters. The van der Waals surface area contributed by atoms with Gasteiger partial charge in [-0.15, -0.1) is 0 Å². The van der Waals surface area contributed by atoms with Crippen molar-refractivity contribution in [3.05, 3.63) is 74.1 Å². The first kappa shape index (κ1) is 25.8. The van der Waals surface area contributed by atoms with E-state index in [2.05, 4.69) is 10.6 Å². The number of carbonyl (C=O) groups excluding carboxylic acids is 2. The van der Waals surface area contributed by atoms with E-state index in [9.17, 15) is 14.4 Å². The number of amides is 2. The van der Waals surface area contributed by atoms with Gasteiger partial charge in [-0.05, 0) is 87.4 Å². The molecule has 1 heterocycles. The standard InChI is InChI=1S/C28H31ClN2O5/c1-16(2)30-27(33)22(14-18-8-10-19(29)11-9-18)31-25(32)15-35-23-12-17(3)13-24-26(23)20-6-4-5-7-21(20)28(34)36-24/h8-13,16,22H,4-7,14-15H2,1-3H3,(H,30,33)(H,31,32). The Labute approximate surface area is 215 Å². The van der Waals surface area contributed by atoms with Crippen molar-refractivity contribution >= 4 is 34.4 Å². The lowest BCUT2D eigenvalue weighted by Crippen LogP contribution is -2.50. The summed E-state index contributed by atoms with van der Waals surface area (Å²) in [4.78, 5) is 38.2. The van der Waals surface area contributed by atoms with Gasteiger partial charge < -0.3 is 19.8 Å². The molecule has 190 valence electrons. The van der Waals surface area contributed by atoms with Crippen LogP contribution in [0.15, 0.2) is 45.6 Å². The zero-order chi connectivity index (χ0) is 25.8. The molecule has 0 bridgehead atoms. The number of aryl methyl sites for hydroxylation is 2. The molecule has 36 heavy (non-hydrogen) atoms. The summed E-state index contributed by atoms with van der Waals surface area (Å²) in [6.45, 7) is 5.33. The number of benzene rings is 2. The number of ether oxygens (including phenoxy) is 1. The maximum atomic E-state index is 12.9. The number of rotatable bonds is 8. The van der Waals surface area contributed by atoms with Crippen LogP contribution in [-0.2, 0) is 28.9 Å². The van der Waals surface area contributed by atoms with E-state index in [1.807, 2.05) is 45.0 Å². The van der Waals surface area contributed by atoms with Gasteiger partial charge >= 0.3 is 5.63 Å². The van der Waals surface area contributed by atoms with Gasteiger partial charge in [0, 0.05) is 23.0 Å². The highest BCUT2D eigenvalue weighted by molar-refractivity contribution is 6.30. The van der Waals surface area contributed by atoms with Crippen molar-refractivity contribution < 1.29 is 18.7 Å². The molecular formula is C28H31ClN2O5. The summed E-state index contributed by atoms with van der Waals surface area (Å²) in [5.74, 6) is -0.193. The van der Waals surface area contributed by atoms with Crippen LogP contribution in [0.25, 0.3) is 11.0 Å². The second-order valence-corrected chi connectivity index (χ2v) is 10.0. The highest BCUT2D eigenvalue weighted by Crippen LogP contribution is 2.34. The first-order chi connectivity index (χ1) is 17.2. The van der Waals surface area contributed by atoms with Crippen molar-refractivity contribution in [3.63, 3.8) is 0 Å². The first-order valence-corrected chi connectivity index (χ1v) is 12.6. The maximum absolute atomic E-state index is 12.9. The molecule has 0 saturated carbocycles. The number of hydrogen-bond acceptors (Lipinski definition) is 5. The summed E-state index contributed by atoms with van der Waals surface area (Å²) in [5, 5.41) is 7.02. The van der Waals surface area contributed by atoms with Gasteiger partial charge in [0.15, 0.2) is 6.61 Å². The zero-order valence-electron chi connectivity index (χ0n) is 20.8. The fourth-order valence-electron chi connectivity index (χ4n) is 4.61. The largest absolute Gasteiger partial charge is 0.483 e. The SMILES string of the molecule is Cc1cc(OCC(=O)NC(Cc2ccc(Cl)cc2)C(=O)NC(C)C)c2c3c(c(=O)oc2c1)CCCC3. The molecule has 0 spiro atoms. The van der Waals surface area contributed by atoms with Gasteiger partial charge in [-0.2, -0.15) is 0 Å². The molecule has 3 aromatic rings. The second-order valence-electron chi connectivity index (χ2n) is 9.59. The fraction of sp³-hybridized carbons (Fsp3) is 0.393. The Morgan fingerprint density at radius 2 is 1.75 bits per heavy atom. The molecule has 8 heteroatoms. The Kier molecular flexibility index (Phi) is 7.99. The molecule has 1 aliphatic rings. The highest BCUT2D eigenvalue weighted by Gasteiger charge is 2.24. The summed E-state index contributed by atoms with van der Waals surface area (Å²) in [6.07, 6.45) is 3.69. The molecule has 0 radical (unpaired) electrons. The minimum atomic E-state index is -0.773. The van der Waals surface area contributed by atoms with Crippen molar-refractivity contribution in [1.29, 1.82) is 0 Å². The average Bonchev–Trinajstić information content (AvgIpc) is 2.83. The van der Waals surface area contributed by atoms with E-state index in [1.165, 1.54) is 0 Å². The van der Waals surface area contributed by atoms with Crippen molar-refractivity contribution in [1.82, 2.24) is 10.6 Å². The van der Waals surface area contributed by atoms with Gasteiger partial charge in [-0.3, -0.25) is 9.59 Å². The summed E-state index contributed by atoms with van der Waals surface area (Å²) in [6, 6.07) is 9.98. The molecule has 1 aliphatic carbocycles. The molecule has 2 aromatic carbocycles. The lowest BCUT2D eigenvalue weighted by molar-refractivity contribution is -0.130. The third-order valence-electron chi connectivity index (χ3n) is 6.22. The lowest BCUT2D eigenvalue weighted by atomic mass is 9.90. The number of halogens is 1. The Balaban J connectivity index is 1.54. The van der Waals surface area contributed by atoms with E-state index in [0.717, 1.165) is 41.3 Å². The number of fused-ring (bicyclic) bond motifs is 3. The van der Waals surface area contributed by atoms with Crippen LogP contribution in [0.1, 0.15) is 48.9 Å². The smallest absolute Gasteiger partial charge is 0.339 e. The van der Waals surface area contributed by atoms with E-state index < -0.39 is 11.9 Å². The molecule has 7 nitrogen and oxygen atoms in total. The van der Waals surface area contributed by atoms with E-state index in [-0.39, 0.29) is 24.2 Å². The number of nitrogens with one attached hydrogen (secondary N) is 2. The van der Waals surface area contributed by atoms with Crippen LogP contribution in [0.3, 0.4) is 0 Å². The van der Waals surface area contributed by atoms with Crippen LogP contribution in [0.4, 0.5) is 0 Å². The van der Waals surface area contributed by atoms with E-state index >= 15 is 0 Å². The van der Waals surface area contributed by atoms with E-state index in [4.69, 9.17) is 20.8 Å². The number of hydrogen-bond donors (Lipinski definition) is 2. The van der Waals surface area contributed by atoms with Crippen LogP contribution in [0.2, 0.25) is 5.02 Å². The summed E-state index contributed by atoms with van der Waals surface area (Å²) in [5.41, 5.74) is 3.53. The van der Waals surface area contributed by atoms with Gasteiger partial charge in [0.05, 0.1) is 5.39 Å². The van der Waals surface area contributed by atoms with Crippen LogP contribution in [-0.4, -0.2) is 30.5 Å². The minimum Gasteiger partial charge on any atom is -0.483 e. The Hall–Kier alpha value is -3.32. The molecule has 2 N–H and O–H groups in total. The Morgan fingerprint density at radius 3 is 2.44 bits per heavy atom. The van der Waals surface area contributed by atoms with E-state index in [1.54, 1.807) is 12.1 Å². The van der Waals surface area contributed by atoms with Gasteiger partial charge in [0.2, 0.25) is 5.91 Å². The van der Waals surface area contributed by atoms with Crippen LogP contribution >= 0.6 is 11.6 Å². The lowest BCUT2D eigenvalue weighted by Gasteiger charge is -2.21. The Morgan fingerprint density at radius 1 is 1.06 bits per heavy atom. The van der Waals surface area contributed by atoms with Gasteiger partial charge in [0.25, 0.3) is 5.91 Å². The third-order valence-corrected chi connectivity index (χ3v) is 6.48. The normalized spacial score (nSPS) is 13.8. The molecule has 2 amide bonds. The topological polar surface area (TPSA) is 97.6 Å². The fourth-order valence-corrected chi connectivity index (χ4v) is 4.74. The molecule has 1 aromatic heterocycles. The number of carbonyl (C=O) groups is 2. The van der Waals surface area contributed by atoms with Crippen molar-refractivity contribution in [2.75, 3.05) is 6.61 Å². The maximum Gasteiger partial charge on any atom is 0.339 e. The molecule has 0 saturated heterocycles. The zero-order valence-corrected chi connectivity index (χ0v) is 21.5. The first-order valence-electron chi connectivity index (χ1n) is 12.3. The average molecular weight is 511 g/mol. The van der Waals surface area contributed by atoms with Gasteiger partial charge in [-0.25, -0.2) is 4.79 Å². The quantitative estimate of drug-likeness (QED) is 0.441. The predicted molar refractivity (Wildman–Crippen MR) is 140 cm³/mol. The van der Waals surface area contributed by atoms with Crippen molar-refractivity contribution in [3.8, 4) is 5.75 Å². The second kappa shape index (κ2) is 11.2. The molecule has 4 rings (SSSR count). The molecule has 0 fully saturated rings. The highest BCUT2D eigenvalue weighted by atomic mass is 35.5. The summed E-state index contributed by atoms with van der Waals surface area (Å²) in [7, 11) is 0. The predicted octanol–water partition coefficient (Wildman–Crippen LogP) is 4.26. The van der Waals surface area contributed by atoms with Crippen LogP contribution in [0, 0.1) is 6.92 Å². The van der Waals surface area contributed by atoms with Crippen molar-refractivity contribution in [2.24, 2.45) is 0 Å². The molecule has 0 aliphatic heterocycles. The van der Waals surface area contributed by atoms with Gasteiger partial charge in [0.1, 0.15) is 17.4 Å². The molecule has 1 unspecified atom stereocenters. The van der Waals surface area contributed by atoms with E-state index in [0.29, 0.717) is 34.8 Å².